The second-order valence-electron chi connectivity index (χ2n) is 5.35. The molecule has 2 aromatic rings. The first-order valence-electron chi connectivity index (χ1n) is 7.05. The van der Waals surface area contributed by atoms with Gasteiger partial charge in [-0.3, -0.25) is 0 Å². The van der Waals surface area contributed by atoms with E-state index < -0.39 is 5.97 Å². The fraction of sp³-hybridized carbons (Fsp3) is 0.278. The molecule has 0 aliphatic heterocycles. The van der Waals surface area contributed by atoms with E-state index in [2.05, 4.69) is 0 Å². The molecule has 0 N–H and O–H groups in total. The van der Waals surface area contributed by atoms with Gasteiger partial charge in [0.1, 0.15) is 11.5 Å². The van der Waals surface area contributed by atoms with Gasteiger partial charge in [0.15, 0.2) is 6.61 Å². The molecule has 0 fully saturated rings. The van der Waals surface area contributed by atoms with E-state index in [-0.39, 0.29) is 6.61 Å². The van der Waals surface area contributed by atoms with Crippen LogP contribution in [-0.2, 0) is 4.79 Å². The zero-order chi connectivity index (χ0) is 16.3. The molecule has 0 aliphatic rings. The SMILES string of the molecule is Cc1cc(OCC(=O)Oc2c(C)cccc2C)cc(C)c1Cl. The Morgan fingerprint density at radius 1 is 1.00 bits per heavy atom. The third-order valence-corrected chi connectivity index (χ3v) is 3.99. The molecule has 0 heterocycles. The minimum atomic E-state index is -0.428. The van der Waals surface area contributed by atoms with Crippen molar-refractivity contribution in [3.8, 4) is 11.5 Å². The summed E-state index contributed by atoms with van der Waals surface area (Å²) < 4.78 is 10.9. The fourth-order valence-corrected chi connectivity index (χ4v) is 2.34. The predicted molar refractivity (Wildman–Crippen MR) is 88.0 cm³/mol. The number of carbonyl (C=O) groups excluding carboxylic acids is 1. The van der Waals surface area contributed by atoms with E-state index >= 15 is 0 Å². The molecule has 0 spiro atoms. The lowest BCUT2D eigenvalue weighted by atomic mass is 10.1. The maximum atomic E-state index is 12.0. The number of hydrogen-bond donors (Lipinski definition) is 0. The lowest BCUT2D eigenvalue weighted by molar-refractivity contribution is -0.136. The van der Waals surface area contributed by atoms with Crippen LogP contribution in [0.1, 0.15) is 22.3 Å². The Morgan fingerprint density at radius 3 is 2.09 bits per heavy atom. The van der Waals surface area contributed by atoms with Crippen LogP contribution in [0.2, 0.25) is 5.02 Å². The number of benzene rings is 2. The summed E-state index contributed by atoms with van der Waals surface area (Å²) in [4.78, 5) is 12.0. The van der Waals surface area contributed by atoms with Crippen molar-refractivity contribution in [2.45, 2.75) is 27.7 Å². The van der Waals surface area contributed by atoms with Gasteiger partial charge in [-0.25, -0.2) is 4.79 Å². The van der Waals surface area contributed by atoms with Crippen molar-refractivity contribution in [2.75, 3.05) is 6.61 Å². The first-order valence-corrected chi connectivity index (χ1v) is 7.42. The molecule has 0 radical (unpaired) electrons. The number of halogens is 1. The topological polar surface area (TPSA) is 35.5 Å². The molecule has 116 valence electrons. The van der Waals surface area contributed by atoms with E-state index in [1.807, 2.05) is 58.0 Å². The Bertz CT molecular complexity index is 664. The van der Waals surface area contributed by atoms with Crippen LogP contribution in [0.4, 0.5) is 0 Å². The van der Waals surface area contributed by atoms with Crippen LogP contribution in [0.15, 0.2) is 30.3 Å². The van der Waals surface area contributed by atoms with E-state index in [0.717, 1.165) is 22.3 Å². The van der Waals surface area contributed by atoms with Crippen molar-refractivity contribution < 1.29 is 14.3 Å². The van der Waals surface area contributed by atoms with Gasteiger partial charge in [-0.2, -0.15) is 0 Å². The molecule has 0 amide bonds. The lowest BCUT2D eigenvalue weighted by Crippen LogP contribution is -2.18. The molecule has 2 rings (SSSR count). The van der Waals surface area contributed by atoms with Crippen LogP contribution in [0.5, 0.6) is 11.5 Å². The highest BCUT2D eigenvalue weighted by Gasteiger charge is 2.11. The smallest absolute Gasteiger partial charge is 0.349 e. The summed E-state index contributed by atoms with van der Waals surface area (Å²) in [6.45, 7) is 7.47. The molecule has 0 aromatic heterocycles. The molecule has 0 saturated carbocycles. The molecule has 3 nitrogen and oxygen atoms in total. The zero-order valence-electron chi connectivity index (χ0n) is 13.2. The number of carbonyl (C=O) groups is 1. The molecule has 0 atom stereocenters. The summed E-state index contributed by atoms with van der Waals surface area (Å²) in [5.74, 6) is 0.778. The summed E-state index contributed by atoms with van der Waals surface area (Å²) in [7, 11) is 0. The standard InChI is InChI=1S/C18H19ClO3/c1-11-6-5-7-12(2)18(11)22-16(20)10-21-15-8-13(3)17(19)14(4)9-15/h5-9H,10H2,1-4H3. The molecule has 22 heavy (non-hydrogen) atoms. The molecule has 4 heteroatoms. The van der Waals surface area contributed by atoms with Crippen LogP contribution in [-0.4, -0.2) is 12.6 Å². The van der Waals surface area contributed by atoms with Crippen molar-refractivity contribution >= 4 is 17.6 Å². The molecule has 0 aliphatic carbocycles. The molecule has 2 aromatic carbocycles. The minimum absolute atomic E-state index is 0.145. The highest BCUT2D eigenvalue weighted by molar-refractivity contribution is 6.32. The van der Waals surface area contributed by atoms with E-state index in [0.29, 0.717) is 16.5 Å². The number of aryl methyl sites for hydroxylation is 4. The molecule has 0 unspecified atom stereocenters. The first-order chi connectivity index (χ1) is 10.4. The Balaban J connectivity index is 2.02. The minimum Gasteiger partial charge on any atom is -0.482 e. The number of para-hydroxylation sites is 1. The van der Waals surface area contributed by atoms with Crippen molar-refractivity contribution in [1.82, 2.24) is 0 Å². The average molecular weight is 319 g/mol. The first kappa shape index (κ1) is 16.4. The maximum absolute atomic E-state index is 12.0. The van der Waals surface area contributed by atoms with Gasteiger partial charge in [-0.15, -0.1) is 0 Å². The van der Waals surface area contributed by atoms with Gasteiger partial charge < -0.3 is 9.47 Å². The largest absolute Gasteiger partial charge is 0.482 e. The highest BCUT2D eigenvalue weighted by atomic mass is 35.5. The monoisotopic (exact) mass is 318 g/mol. The van der Waals surface area contributed by atoms with Crippen LogP contribution in [0.25, 0.3) is 0 Å². The van der Waals surface area contributed by atoms with Gasteiger partial charge in [0.2, 0.25) is 0 Å². The van der Waals surface area contributed by atoms with Crippen LogP contribution >= 0.6 is 11.6 Å². The Morgan fingerprint density at radius 2 is 1.55 bits per heavy atom. The van der Waals surface area contributed by atoms with Gasteiger partial charge in [-0.1, -0.05) is 29.8 Å². The van der Waals surface area contributed by atoms with Gasteiger partial charge in [0.25, 0.3) is 0 Å². The molecular weight excluding hydrogens is 300 g/mol. The number of rotatable bonds is 4. The maximum Gasteiger partial charge on any atom is 0.349 e. The van der Waals surface area contributed by atoms with Gasteiger partial charge in [0, 0.05) is 5.02 Å². The van der Waals surface area contributed by atoms with E-state index in [9.17, 15) is 4.79 Å². The van der Waals surface area contributed by atoms with Gasteiger partial charge in [0.05, 0.1) is 0 Å². The van der Waals surface area contributed by atoms with Crippen LogP contribution in [0, 0.1) is 27.7 Å². The Kier molecular flexibility index (Phi) is 5.09. The van der Waals surface area contributed by atoms with Crippen molar-refractivity contribution in [3.63, 3.8) is 0 Å². The van der Waals surface area contributed by atoms with Crippen molar-refractivity contribution in [1.29, 1.82) is 0 Å². The Hall–Kier alpha value is -2.00. The number of esters is 1. The van der Waals surface area contributed by atoms with E-state index in [1.165, 1.54) is 0 Å². The normalized spacial score (nSPS) is 10.4. The van der Waals surface area contributed by atoms with Crippen molar-refractivity contribution in [2.24, 2.45) is 0 Å². The van der Waals surface area contributed by atoms with Crippen molar-refractivity contribution in [3.05, 3.63) is 57.6 Å². The summed E-state index contributed by atoms with van der Waals surface area (Å²) in [5.41, 5.74) is 3.68. The molecule has 0 saturated heterocycles. The summed E-state index contributed by atoms with van der Waals surface area (Å²) >= 11 is 6.11. The lowest BCUT2D eigenvalue weighted by Gasteiger charge is -2.12. The van der Waals surface area contributed by atoms with Crippen LogP contribution < -0.4 is 9.47 Å². The zero-order valence-corrected chi connectivity index (χ0v) is 14.0. The number of hydrogen-bond acceptors (Lipinski definition) is 3. The fourth-order valence-electron chi connectivity index (χ4n) is 2.24. The van der Waals surface area contributed by atoms with Crippen LogP contribution in [0.3, 0.4) is 0 Å². The quantitative estimate of drug-likeness (QED) is 0.612. The second-order valence-corrected chi connectivity index (χ2v) is 5.73. The molecular formula is C18H19ClO3. The summed E-state index contributed by atoms with van der Waals surface area (Å²) in [5, 5.41) is 0.713. The van der Waals surface area contributed by atoms with E-state index in [4.69, 9.17) is 21.1 Å². The summed E-state index contributed by atoms with van der Waals surface area (Å²) in [6, 6.07) is 9.35. The molecule has 0 bridgehead atoms. The third kappa shape index (κ3) is 3.80. The average Bonchev–Trinajstić information content (AvgIpc) is 2.46. The third-order valence-electron chi connectivity index (χ3n) is 3.39. The van der Waals surface area contributed by atoms with E-state index in [1.54, 1.807) is 0 Å². The predicted octanol–water partition coefficient (Wildman–Crippen LogP) is 4.56. The second kappa shape index (κ2) is 6.84. The van der Waals surface area contributed by atoms with Gasteiger partial charge in [-0.05, 0) is 62.1 Å². The summed E-state index contributed by atoms with van der Waals surface area (Å²) in [6.07, 6.45) is 0. The number of ether oxygens (including phenoxy) is 2. The Labute approximate surface area is 135 Å². The highest BCUT2D eigenvalue weighted by Crippen LogP contribution is 2.26. The van der Waals surface area contributed by atoms with Gasteiger partial charge >= 0.3 is 5.97 Å².